The molecule has 0 aliphatic heterocycles. The summed E-state index contributed by atoms with van der Waals surface area (Å²) >= 11 is 0. The normalized spacial score (nSPS) is 42.9. The number of hydrogen-bond acceptors (Lipinski definition) is 3. The van der Waals surface area contributed by atoms with Gasteiger partial charge in [-0.25, -0.2) is 0 Å². The lowest BCUT2D eigenvalue weighted by molar-refractivity contribution is -0.160. The van der Waals surface area contributed by atoms with E-state index in [0.29, 0.717) is 0 Å². The van der Waals surface area contributed by atoms with Gasteiger partial charge in [0.25, 0.3) is 0 Å². The highest BCUT2D eigenvalue weighted by atomic mass is 16.5. The predicted molar refractivity (Wildman–Crippen MR) is 41.9 cm³/mol. The third kappa shape index (κ3) is 1.38. The Morgan fingerprint density at radius 2 is 1.91 bits per heavy atom. The van der Waals surface area contributed by atoms with E-state index >= 15 is 0 Å². The van der Waals surface area contributed by atoms with Crippen molar-refractivity contribution in [3.05, 3.63) is 0 Å². The van der Waals surface area contributed by atoms with Gasteiger partial charge in [0.2, 0.25) is 0 Å². The summed E-state index contributed by atoms with van der Waals surface area (Å²) in [6, 6.07) is 0. The lowest BCUT2D eigenvalue weighted by Gasteiger charge is -2.48. The third-order valence-corrected chi connectivity index (χ3v) is 2.27. The number of nitrogens with two attached hydrogens (primary N) is 1. The van der Waals surface area contributed by atoms with Crippen LogP contribution in [-0.2, 0) is 9.53 Å². The molecule has 0 heterocycles. The number of ether oxygens (including phenoxy) is 1. The fourth-order valence-corrected chi connectivity index (χ4v) is 2.12. The molecule has 3 heteroatoms. The van der Waals surface area contributed by atoms with Gasteiger partial charge >= 0.3 is 5.97 Å². The molecule has 0 atom stereocenters. The fraction of sp³-hybridized carbons (Fsp3) is 0.875. The first-order valence-electron chi connectivity index (χ1n) is 3.77. The lowest BCUT2D eigenvalue weighted by Crippen LogP contribution is -2.58. The molecule has 0 amide bonds. The zero-order chi connectivity index (χ0) is 8.70. The van der Waals surface area contributed by atoms with E-state index in [9.17, 15) is 4.79 Å². The molecular formula is C8H15NO2. The monoisotopic (exact) mass is 157 g/mol. The number of hydrogen-bond donors (Lipinski definition) is 1. The van der Waals surface area contributed by atoms with Crippen LogP contribution in [0.4, 0.5) is 0 Å². The average Bonchev–Trinajstić information content (AvgIpc) is 1.81. The Morgan fingerprint density at radius 3 is 2.18 bits per heavy atom. The molecule has 1 fully saturated rings. The molecule has 0 unspecified atom stereocenters. The summed E-state index contributed by atoms with van der Waals surface area (Å²) in [7, 11) is 1.42. The average molecular weight is 157 g/mol. The predicted octanol–water partition coefficient (Wildman–Crippen LogP) is 0.677. The molecule has 64 valence electrons. The highest BCUT2D eigenvalue weighted by molar-refractivity contribution is 5.78. The van der Waals surface area contributed by atoms with Crippen LogP contribution in [0.15, 0.2) is 0 Å². The van der Waals surface area contributed by atoms with Gasteiger partial charge in [0.15, 0.2) is 0 Å². The maximum Gasteiger partial charge on any atom is 0.311 e. The van der Waals surface area contributed by atoms with Crippen molar-refractivity contribution in [2.75, 3.05) is 7.11 Å². The summed E-state index contributed by atoms with van der Waals surface area (Å²) in [5, 5.41) is 0. The van der Waals surface area contributed by atoms with Crippen LogP contribution in [0.2, 0.25) is 0 Å². The molecule has 11 heavy (non-hydrogen) atoms. The van der Waals surface area contributed by atoms with Crippen LogP contribution in [0.3, 0.4) is 0 Å². The van der Waals surface area contributed by atoms with Crippen LogP contribution < -0.4 is 5.73 Å². The smallest absolute Gasteiger partial charge is 0.311 e. The SMILES string of the molecule is COC(=O)C1(C)CC(C)(N)C1. The van der Waals surface area contributed by atoms with Gasteiger partial charge in [0.1, 0.15) is 0 Å². The third-order valence-electron chi connectivity index (χ3n) is 2.27. The largest absolute Gasteiger partial charge is 0.469 e. The maximum atomic E-state index is 11.1. The van der Waals surface area contributed by atoms with Crippen LogP contribution >= 0.6 is 0 Å². The summed E-state index contributed by atoms with van der Waals surface area (Å²) in [5.74, 6) is -0.138. The fourth-order valence-electron chi connectivity index (χ4n) is 2.12. The van der Waals surface area contributed by atoms with Crippen molar-refractivity contribution in [2.24, 2.45) is 11.1 Å². The van der Waals surface area contributed by atoms with Crippen LogP contribution in [-0.4, -0.2) is 18.6 Å². The highest BCUT2D eigenvalue weighted by Crippen LogP contribution is 2.47. The van der Waals surface area contributed by atoms with Crippen molar-refractivity contribution >= 4 is 5.97 Å². The lowest BCUT2D eigenvalue weighted by atomic mass is 9.59. The minimum absolute atomic E-state index is 0.138. The molecule has 0 bridgehead atoms. The molecule has 0 radical (unpaired) electrons. The number of carbonyl (C=O) groups is 1. The Kier molecular flexibility index (Phi) is 1.71. The number of carbonyl (C=O) groups excluding carboxylic acids is 1. The second kappa shape index (κ2) is 2.21. The quantitative estimate of drug-likeness (QED) is 0.569. The topological polar surface area (TPSA) is 52.3 Å². The maximum absolute atomic E-state index is 11.1. The summed E-state index contributed by atoms with van der Waals surface area (Å²) < 4.78 is 4.66. The molecule has 0 aromatic rings. The van der Waals surface area contributed by atoms with E-state index in [1.54, 1.807) is 0 Å². The number of rotatable bonds is 1. The number of esters is 1. The molecule has 1 aliphatic carbocycles. The second-order valence-electron chi connectivity index (χ2n) is 4.06. The number of methoxy groups -OCH3 is 1. The first-order chi connectivity index (χ1) is 4.90. The van der Waals surface area contributed by atoms with Crippen LogP contribution in [0.5, 0.6) is 0 Å². The Morgan fingerprint density at radius 1 is 1.45 bits per heavy atom. The van der Waals surface area contributed by atoms with Gasteiger partial charge in [0, 0.05) is 5.54 Å². The molecule has 1 rings (SSSR count). The molecule has 2 N–H and O–H groups in total. The summed E-state index contributed by atoms with van der Waals surface area (Å²) in [5.41, 5.74) is 5.30. The van der Waals surface area contributed by atoms with Crippen molar-refractivity contribution in [3.8, 4) is 0 Å². The molecular weight excluding hydrogens is 142 g/mol. The molecule has 0 aromatic heterocycles. The van der Waals surface area contributed by atoms with Gasteiger partial charge in [-0.1, -0.05) is 0 Å². The standard InChI is InChI=1S/C8H15NO2/c1-7(6(10)11-3)4-8(2,9)5-7/h4-5,9H2,1-3H3. The van der Waals surface area contributed by atoms with E-state index in [0.717, 1.165) is 12.8 Å². The van der Waals surface area contributed by atoms with Gasteiger partial charge in [-0.3, -0.25) is 4.79 Å². The minimum atomic E-state index is -0.321. The molecule has 0 aromatic carbocycles. The zero-order valence-corrected chi connectivity index (χ0v) is 7.31. The molecule has 3 nitrogen and oxygen atoms in total. The first kappa shape index (κ1) is 8.53. The van der Waals surface area contributed by atoms with E-state index < -0.39 is 0 Å². The summed E-state index contributed by atoms with van der Waals surface area (Å²) in [6.45, 7) is 3.85. The Bertz CT molecular complexity index is 179. The van der Waals surface area contributed by atoms with Crippen molar-refractivity contribution in [2.45, 2.75) is 32.2 Å². The van der Waals surface area contributed by atoms with Crippen LogP contribution in [0.25, 0.3) is 0 Å². The molecule has 1 saturated carbocycles. The highest BCUT2D eigenvalue weighted by Gasteiger charge is 2.52. The van der Waals surface area contributed by atoms with E-state index in [4.69, 9.17) is 5.73 Å². The van der Waals surface area contributed by atoms with Crippen LogP contribution in [0, 0.1) is 5.41 Å². The minimum Gasteiger partial charge on any atom is -0.469 e. The van der Waals surface area contributed by atoms with Gasteiger partial charge in [-0.05, 0) is 26.7 Å². The molecule has 1 aliphatic rings. The second-order valence-corrected chi connectivity index (χ2v) is 4.06. The van der Waals surface area contributed by atoms with Crippen molar-refractivity contribution in [1.82, 2.24) is 0 Å². The summed E-state index contributed by atoms with van der Waals surface area (Å²) in [4.78, 5) is 11.1. The Hall–Kier alpha value is -0.570. The first-order valence-corrected chi connectivity index (χ1v) is 3.77. The van der Waals surface area contributed by atoms with Crippen molar-refractivity contribution < 1.29 is 9.53 Å². The van der Waals surface area contributed by atoms with Crippen molar-refractivity contribution in [3.63, 3.8) is 0 Å². The molecule has 0 spiro atoms. The van der Waals surface area contributed by atoms with Gasteiger partial charge in [-0.15, -0.1) is 0 Å². The van der Waals surface area contributed by atoms with Gasteiger partial charge in [-0.2, -0.15) is 0 Å². The zero-order valence-electron chi connectivity index (χ0n) is 7.31. The van der Waals surface area contributed by atoms with E-state index in [1.165, 1.54) is 7.11 Å². The van der Waals surface area contributed by atoms with Crippen LogP contribution in [0.1, 0.15) is 26.7 Å². The van der Waals surface area contributed by atoms with E-state index in [-0.39, 0.29) is 16.9 Å². The Balaban J connectivity index is 2.56. The van der Waals surface area contributed by atoms with Gasteiger partial charge < -0.3 is 10.5 Å². The van der Waals surface area contributed by atoms with Crippen molar-refractivity contribution in [1.29, 1.82) is 0 Å². The summed E-state index contributed by atoms with van der Waals surface area (Å²) in [6.07, 6.45) is 1.46. The van der Waals surface area contributed by atoms with E-state index in [1.807, 2.05) is 13.8 Å². The van der Waals surface area contributed by atoms with E-state index in [2.05, 4.69) is 4.74 Å². The van der Waals surface area contributed by atoms with Gasteiger partial charge in [0.05, 0.1) is 12.5 Å². The molecule has 0 saturated heterocycles. The Labute approximate surface area is 66.9 Å².